The Morgan fingerprint density at radius 1 is 1.23 bits per heavy atom. The number of hydrogen-bond donors (Lipinski definition) is 1. The van der Waals surface area contributed by atoms with Crippen LogP contribution in [0.15, 0.2) is 12.1 Å². The number of nitrogens with one attached hydrogen (secondary N) is 1. The Morgan fingerprint density at radius 2 is 1.95 bits per heavy atom. The minimum absolute atomic E-state index is 0.0721. The molecule has 0 aromatic heterocycles. The Balaban J connectivity index is 2.07. The summed E-state index contributed by atoms with van der Waals surface area (Å²) >= 11 is 6.40. The van der Waals surface area contributed by atoms with Crippen molar-refractivity contribution in [3.05, 3.63) is 22.7 Å². The molecule has 4 heteroatoms. The molecule has 0 saturated heterocycles. The highest BCUT2D eigenvalue weighted by atomic mass is 35.5. The number of hydrogen-bond acceptors (Lipinski definition) is 3. The Labute approximate surface area is 139 Å². The molecule has 124 valence electrons. The van der Waals surface area contributed by atoms with Crippen molar-refractivity contribution >= 4 is 11.6 Å². The van der Waals surface area contributed by atoms with Crippen LogP contribution in [-0.2, 0) is 6.54 Å². The molecule has 0 heterocycles. The van der Waals surface area contributed by atoms with Gasteiger partial charge in [0.15, 0.2) is 11.5 Å². The zero-order valence-electron chi connectivity index (χ0n) is 14.0. The molecule has 1 saturated carbocycles. The van der Waals surface area contributed by atoms with Crippen molar-refractivity contribution in [2.45, 2.75) is 71.6 Å². The van der Waals surface area contributed by atoms with Gasteiger partial charge in [-0.25, -0.2) is 0 Å². The minimum atomic E-state index is 0.0721. The molecule has 0 amide bonds. The van der Waals surface area contributed by atoms with E-state index in [-0.39, 0.29) is 6.10 Å². The molecule has 0 bridgehead atoms. The van der Waals surface area contributed by atoms with Gasteiger partial charge in [0.1, 0.15) is 0 Å². The van der Waals surface area contributed by atoms with Crippen molar-refractivity contribution < 1.29 is 9.47 Å². The predicted molar refractivity (Wildman–Crippen MR) is 92.1 cm³/mol. The van der Waals surface area contributed by atoms with Crippen molar-refractivity contribution in [3.63, 3.8) is 0 Å². The Bertz CT molecular complexity index is 470. The molecule has 0 spiro atoms. The monoisotopic (exact) mass is 325 g/mol. The number of benzene rings is 1. The second kappa shape index (κ2) is 8.64. The normalized spacial score (nSPS) is 16.0. The average Bonchev–Trinajstić information content (AvgIpc) is 2.49. The summed E-state index contributed by atoms with van der Waals surface area (Å²) < 4.78 is 11.5. The van der Waals surface area contributed by atoms with E-state index in [1.165, 1.54) is 32.1 Å². The fourth-order valence-corrected chi connectivity index (χ4v) is 3.18. The van der Waals surface area contributed by atoms with Gasteiger partial charge in [0.25, 0.3) is 0 Å². The Morgan fingerprint density at radius 3 is 2.59 bits per heavy atom. The third kappa shape index (κ3) is 5.06. The summed E-state index contributed by atoms with van der Waals surface area (Å²) in [6, 6.07) is 4.66. The summed E-state index contributed by atoms with van der Waals surface area (Å²) in [6.07, 6.45) is 6.68. The first-order chi connectivity index (χ1) is 10.6. The SMILES string of the molecule is CCOc1cc(CNC2CCCCC2)cc(Cl)c1OC(C)C. The lowest BCUT2D eigenvalue weighted by atomic mass is 9.95. The summed E-state index contributed by atoms with van der Waals surface area (Å²) in [7, 11) is 0. The summed E-state index contributed by atoms with van der Waals surface area (Å²) in [6.45, 7) is 7.38. The van der Waals surface area contributed by atoms with Gasteiger partial charge >= 0.3 is 0 Å². The highest BCUT2D eigenvalue weighted by Gasteiger charge is 2.16. The van der Waals surface area contributed by atoms with Gasteiger partial charge < -0.3 is 14.8 Å². The fraction of sp³-hybridized carbons (Fsp3) is 0.667. The van der Waals surface area contributed by atoms with E-state index in [1.807, 2.05) is 32.9 Å². The van der Waals surface area contributed by atoms with E-state index in [0.29, 0.717) is 23.4 Å². The molecule has 3 nitrogen and oxygen atoms in total. The largest absolute Gasteiger partial charge is 0.490 e. The highest BCUT2D eigenvalue weighted by Crippen LogP contribution is 2.37. The van der Waals surface area contributed by atoms with Gasteiger partial charge in [-0.3, -0.25) is 0 Å². The second-order valence-electron chi connectivity index (χ2n) is 6.22. The van der Waals surface area contributed by atoms with Gasteiger partial charge in [-0.2, -0.15) is 0 Å². The molecular formula is C18H28ClNO2. The van der Waals surface area contributed by atoms with E-state index in [9.17, 15) is 0 Å². The maximum absolute atomic E-state index is 6.40. The lowest BCUT2D eigenvalue weighted by molar-refractivity contribution is 0.224. The van der Waals surface area contributed by atoms with Crippen molar-refractivity contribution in [1.29, 1.82) is 0 Å². The van der Waals surface area contributed by atoms with Crippen LogP contribution in [0.5, 0.6) is 11.5 Å². The first-order valence-corrected chi connectivity index (χ1v) is 8.83. The van der Waals surface area contributed by atoms with E-state index in [2.05, 4.69) is 5.32 Å². The molecule has 0 unspecified atom stereocenters. The van der Waals surface area contributed by atoms with E-state index in [0.717, 1.165) is 17.9 Å². The zero-order valence-corrected chi connectivity index (χ0v) is 14.7. The first-order valence-electron chi connectivity index (χ1n) is 8.45. The molecule has 1 aromatic carbocycles. The third-order valence-electron chi connectivity index (χ3n) is 3.92. The van der Waals surface area contributed by atoms with Gasteiger partial charge in [-0.1, -0.05) is 30.9 Å². The molecule has 1 N–H and O–H groups in total. The van der Waals surface area contributed by atoms with E-state index in [1.54, 1.807) is 0 Å². The molecule has 2 rings (SSSR count). The summed E-state index contributed by atoms with van der Waals surface area (Å²) in [5, 5.41) is 4.26. The Hall–Kier alpha value is -0.930. The van der Waals surface area contributed by atoms with Crippen molar-refractivity contribution in [3.8, 4) is 11.5 Å². The van der Waals surface area contributed by atoms with Crippen LogP contribution in [0.1, 0.15) is 58.4 Å². The van der Waals surface area contributed by atoms with Gasteiger partial charge in [0.05, 0.1) is 17.7 Å². The first kappa shape index (κ1) is 17.4. The highest BCUT2D eigenvalue weighted by molar-refractivity contribution is 6.32. The van der Waals surface area contributed by atoms with Crippen LogP contribution >= 0.6 is 11.6 Å². The standard InChI is InChI=1S/C18H28ClNO2/c1-4-21-17-11-14(10-16(19)18(17)22-13(2)3)12-20-15-8-6-5-7-9-15/h10-11,13,15,20H,4-9,12H2,1-3H3. The minimum Gasteiger partial charge on any atom is -0.490 e. The summed E-state index contributed by atoms with van der Waals surface area (Å²) in [4.78, 5) is 0. The molecular weight excluding hydrogens is 298 g/mol. The number of rotatable bonds is 7. The third-order valence-corrected chi connectivity index (χ3v) is 4.20. The summed E-state index contributed by atoms with van der Waals surface area (Å²) in [5.74, 6) is 1.39. The molecule has 0 atom stereocenters. The van der Waals surface area contributed by atoms with Crippen LogP contribution in [0.4, 0.5) is 0 Å². The average molecular weight is 326 g/mol. The van der Waals surface area contributed by atoms with Crippen LogP contribution < -0.4 is 14.8 Å². The Kier molecular flexibility index (Phi) is 6.84. The van der Waals surface area contributed by atoms with Crippen LogP contribution in [0.3, 0.4) is 0 Å². The van der Waals surface area contributed by atoms with E-state index in [4.69, 9.17) is 21.1 Å². The van der Waals surface area contributed by atoms with Crippen molar-refractivity contribution in [1.82, 2.24) is 5.32 Å². The van der Waals surface area contributed by atoms with Crippen molar-refractivity contribution in [2.24, 2.45) is 0 Å². The maximum atomic E-state index is 6.40. The predicted octanol–water partition coefficient (Wildman–Crippen LogP) is 4.95. The number of halogens is 1. The van der Waals surface area contributed by atoms with Gasteiger partial charge in [0, 0.05) is 12.6 Å². The molecule has 1 aromatic rings. The zero-order chi connectivity index (χ0) is 15.9. The number of ether oxygens (including phenoxy) is 2. The molecule has 1 aliphatic rings. The van der Waals surface area contributed by atoms with Crippen molar-refractivity contribution in [2.75, 3.05) is 6.61 Å². The second-order valence-corrected chi connectivity index (χ2v) is 6.63. The molecule has 1 aliphatic carbocycles. The molecule has 0 aliphatic heterocycles. The molecule has 22 heavy (non-hydrogen) atoms. The molecule has 0 radical (unpaired) electrons. The van der Waals surface area contributed by atoms with Crippen LogP contribution in [0.25, 0.3) is 0 Å². The lowest BCUT2D eigenvalue weighted by Crippen LogP contribution is -2.30. The molecule has 1 fully saturated rings. The lowest BCUT2D eigenvalue weighted by Gasteiger charge is -2.23. The quantitative estimate of drug-likeness (QED) is 0.769. The maximum Gasteiger partial charge on any atom is 0.180 e. The fourth-order valence-electron chi connectivity index (χ4n) is 2.91. The smallest absolute Gasteiger partial charge is 0.180 e. The van der Waals surface area contributed by atoms with Crippen LogP contribution in [0, 0.1) is 0 Å². The van der Waals surface area contributed by atoms with Crippen LogP contribution in [-0.4, -0.2) is 18.8 Å². The summed E-state index contributed by atoms with van der Waals surface area (Å²) in [5.41, 5.74) is 1.15. The van der Waals surface area contributed by atoms with Crippen LogP contribution in [0.2, 0.25) is 5.02 Å². The van der Waals surface area contributed by atoms with E-state index < -0.39 is 0 Å². The van der Waals surface area contributed by atoms with Gasteiger partial charge in [0.2, 0.25) is 0 Å². The van der Waals surface area contributed by atoms with Gasteiger partial charge in [-0.05, 0) is 51.3 Å². The van der Waals surface area contributed by atoms with E-state index >= 15 is 0 Å². The topological polar surface area (TPSA) is 30.5 Å². The van der Waals surface area contributed by atoms with Gasteiger partial charge in [-0.15, -0.1) is 0 Å².